The van der Waals surface area contributed by atoms with Crippen LogP contribution in [0.1, 0.15) is 45.9 Å². The average molecular weight is 239 g/mol. The number of carboxylic acids is 1. The quantitative estimate of drug-likeness (QED) is 0.801. The van der Waals surface area contributed by atoms with Gasteiger partial charge in [-0.2, -0.15) is 0 Å². The van der Waals surface area contributed by atoms with E-state index in [4.69, 9.17) is 4.42 Å². The van der Waals surface area contributed by atoms with Crippen molar-refractivity contribution in [3.05, 3.63) is 24.2 Å². The molecule has 0 saturated heterocycles. The van der Waals surface area contributed by atoms with E-state index in [1.165, 1.54) is 0 Å². The fraction of sp³-hybridized carbons (Fsp3) is 0.615. The van der Waals surface area contributed by atoms with Gasteiger partial charge in [0.05, 0.1) is 12.3 Å². The molecule has 2 N–H and O–H groups in total. The Morgan fingerprint density at radius 1 is 1.53 bits per heavy atom. The Bertz CT molecular complexity index is 359. The van der Waals surface area contributed by atoms with Gasteiger partial charge in [-0.1, -0.05) is 13.8 Å². The highest BCUT2D eigenvalue weighted by molar-refractivity contribution is 5.78. The Morgan fingerprint density at radius 2 is 2.18 bits per heavy atom. The van der Waals surface area contributed by atoms with Gasteiger partial charge < -0.3 is 9.52 Å². The first-order valence-electron chi connectivity index (χ1n) is 5.89. The lowest BCUT2D eigenvalue weighted by atomic mass is 9.90. The molecule has 0 aliphatic rings. The average Bonchev–Trinajstić information content (AvgIpc) is 2.68. The molecule has 0 fully saturated rings. The highest BCUT2D eigenvalue weighted by Crippen LogP contribution is 2.22. The van der Waals surface area contributed by atoms with Crippen LogP contribution >= 0.6 is 0 Å². The van der Waals surface area contributed by atoms with Crippen molar-refractivity contribution in [1.82, 2.24) is 5.32 Å². The van der Waals surface area contributed by atoms with E-state index in [0.29, 0.717) is 12.3 Å². The maximum Gasteiger partial charge on any atom is 0.323 e. The van der Waals surface area contributed by atoms with Crippen LogP contribution in [0.15, 0.2) is 22.8 Å². The summed E-state index contributed by atoms with van der Waals surface area (Å²) in [5.41, 5.74) is -0.930. The molecule has 0 aliphatic heterocycles. The van der Waals surface area contributed by atoms with Crippen LogP contribution in [0.5, 0.6) is 0 Å². The number of aliphatic carboxylic acids is 1. The van der Waals surface area contributed by atoms with Crippen molar-refractivity contribution in [2.24, 2.45) is 5.92 Å². The van der Waals surface area contributed by atoms with E-state index < -0.39 is 11.5 Å². The number of carboxylic acid groups (broad SMARTS) is 1. The van der Waals surface area contributed by atoms with Crippen molar-refractivity contribution in [3.63, 3.8) is 0 Å². The van der Waals surface area contributed by atoms with Crippen molar-refractivity contribution in [3.8, 4) is 0 Å². The molecule has 0 radical (unpaired) electrons. The van der Waals surface area contributed by atoms with Crippen molar-refractivity contribution >= 4 is 5.97 Å². The summed E-state index contributed by atoms with van der Waals surface area (Å²) in [6, 6.07) is 3.52. The second-order valence-electron chi connectivity index (χ2n) is 5.12. The summed E-state index contributed by atoms with van der Waals surface area (Å²) in [7, 11) is 0. The summed E-state index contributed by atoms with van der Waals surface area (Å²) in [5.74, 6) is 0.234. The molecule has 0 bridgehead atoms. The first-order chi connectivity index (χ1) is 7.85. The van der Waals surface area contributed by atoms with E-state index in [-0.39, 0.29) is 6.04 Å². The predicted molar refractivity (Wildman–Crippen MR) is 65.8 cm³/mol. The third-order valence-electron chi connectivity index (χ3n) is 2.79. The van der Waals surface area contributed by atoms with E-state index in [0.717, 1.165) is 5.76 Å². The predicted octanol–water partition coefficient (Wildman–Crippen LogP) is 2.82. The van der Waals surface area contributed by atoms with Gasteiger partial charge in [0.2, 0.25) is 0 Å². The summed E-state index contributed by atoms with van der Waals surface area (Å²) in [5, 5.41) is 12.5. The van der Waals surface area contributed by atoms with Gasteiger partial charge in [-0.05, 0) is 38.3 Å². The zero-order chi connectivity index (χ0) is 13.1. The zero-order valence-electron chi connectivity index (χ0n) is 10.9. The summed E-state index contributed by atoms with van der Waals surface area (Å²) >= 11 is 0. The third-order valence-corrected chi connectivity index (χ3v) is 2.79. The molecule has 2 unspecified atom stereocenters. The molecule has 4 heteroatoms. The van der Waals surface area contributed by atoms with E-state index in [2.05, 4.69) is 5.32 Å². The monoisotopic (exact) mass is 239 g/mol. The normalized spacial score (nSPS) is 16.8. The Morgan fingerprint density at radius 3 is 2.59 bits per heavy atom. The minimum Gasteiger partial charge on any atom is -0.480 e. The van der Waals surface area contributed by atoms with Gasteiger partial charge in [0, 0.05) is 0 Å². The van der Waals surface area contributed by atoms with Crippen molar-refractivity contribution in [2.45, 2.75) is 45.7 Å². The molecular formula is C13H21NO3. The fourth-order valence-electron chi connectivity index (χ4n) is 2.11. The molecule has 1 aromatic rings. The molecule has 4 nitrogen and oxygen atoms in total. The van der Waals surface area contributed by atoms with Crippen LogP contribution in [0, 0.1) is 5.92 Å². The van der Waals surface area contributed by atoms with E-state index >= 15 is 0 Å². The molecule has 0 spiro atoms. The van der Waals surface area contributed by atoms with Gasteiger partial charge >= 0.3 is 5.97 Å². The van der Waals surface area contributed by atoms with E-state index in [1.807, 2.05) is 26.8 Å². The molecule has 0 amide bonds. The van der Waals surface area contributed by atoms with Crippen LogP contribution in [-0.2, 0) is 4.79 Å². The van der Waals surface area contributed by atoms with Gasteiger partial charge in [0.1, 0.15) is 11.3 Å². The molecule has 17 heavy (non-hydrogen) atoms. The highest BCUT2D eigenvalue weighted by Gasteiger charge is 2.35. The lowest BCUT2D eigenvalue weighted by Gasteiger charge is -2.30. The molecule has 1 aromatic heterocycles. The number of furan rings is 1. The van der Waals surface area contributed by atoms with Crippen LogP contribution in [0.25, 0.3) is 0 Å². The van der Waals surface area contributed by atoms with Crippen molar-refractivity contribution < 1.29 is 14.3 Å². The summed E-state index contributed by atoms with van der Waals surface area (Å²) in [4.78, 5) is 11.4. The minimum atomic E-state index is -0.930. The second kappa shape index (κ2) is 5.36. The number of rotatable bonds is 6. The highest BCUT2D eigenvalue weighted by atomic mass is 16.4. The van der Waals surface area contributed by atoms with Crippen LogP contribution in [0.4, 0.5) is 0 Å². The van der Waals surface area contributed by atoms with Crippen molar-refractivity contribution in [1.29, 1.82) is 0 Å². The lowest BCUT2D eigenvalue weighted by molar-refractivity contribution is -0.145. The fourth-order valence-corrected chi connectivity index (χ4v) is 2.11. The maximum atomic E-state index is 11.4. The van der Waals surface area contributed by atoms with Gasteiger partial charge in [-0.25, -0.2) is 0 Å². The second-order valence-corrected chi connectivity index (χ2v) is 5.12. The number of carbonyl (C=O) groups is 1. The summed E-state index contributed by atoms with van der Waals surface area (Å²) in [6.07, 6.45) is 2.17. The third kappa shape index (κ3) is 3.60. The first-order valence-corrected chi connectivity index (χ1v) is 5.89. The van der Waals surface area contributed by atoms with Crippen LogP contribution < -0.4 is 5.32 Å². The van der Waals surface area contributed by atoms with Crippen LogP contribution in [-0.4, -0.2) is 16.6 Å². The van der Waals surface area contributed by atoms with Gasteiger partial charge in [0.15, 0.2) is 0 Å². The zero-order valence-corrected chi connectivity index (χ0v) is 10.9. The molecule has 96 valence electrons. The van der Waals surface area contributed by atoms with E-state index in [9.17, 15) is 9.90 Å². The number of hydrogen-bond donors (Lipinski definition) is 2. The Balaban J connectivity index is 2.76. The van der Waals surface area contributed by atoms with Crippen molar-refractivity contribution in [2.75, 3.05) is 0 Å². The summed E-state index contributed by atoms with van der Waals surface area (Å²) in [6.45, 7) is 7.65. The summed E-state index contributed by atoms with van der Waals surface area (Å²) < 4.78 is 5.27. The molecule has 0 aromatic carbocycles. The van der Waals surface area contributed by atoms with E-state index in [1.54, 1.807) is 19.3 Å². The van der Waals surface area contributed by atoms with Gasteiger partial charge in [-0.15, -0.1) is 0 Å². The molecule has 0 aliphatic carbocycles. The Kier molecular flexibility index (Phi) is 4.34. The molecular weight excluding hydrogens is 218 g/mol. The molecule has 1 heterocycles. The molecule has 2 atom stereocenters. The van der Waals surface area contributed by atoms with Crippen LogP contribution in [0.2, 0.25) is 0 Å². The largest absolute Gasteiger partial charge is 0.480 e. The van der Waals surface area contributed by atoms with Gasteiger partial charge in [0.25, 0.3) is 0 Å². The number of hydrogen-bond acceptors (Lipinski definition) is 3. The minimum absolute atomic E-state index is 0.121. The lowest BCUT2D eigenvalue weighted by Crippen LogP contribution is -2.51. The maximum absolute atomic E-state index is 11.4. The smallest absolute Gasteiger partial charge is 0.323 e. The molecule has 0 saturated carbocycles. The number of nitrogens with one attached hydrogen (secondary N) is 1. The standard InChI is InChI=1S/C13H21NO3/c1-9(2)8-13(4,12(15)16)14-10(3)11-6-5-7-17-11/h5-7,9-10,14H,8H2,1-4H3,(H,15,16). The Labute approximate surface area is 102 Å². The SMILES string of the molecule is CC(C)CC(C)(NC(C)c1ccco1)C(=O)O. The Hall–Kier alpha value is -1.29. The first kappa shape index (κ1) is 13.8. The molecule has 1 rings (SSSR count). The topological polar surface area (TPSA) is 62.5 Å². The van der Waals surface area contributed by atoms with Crippen LogP contribution in [0.3, 0.4) is 0 Å². The van der Waals surface area contributed by atoms with Gasteiger partial charge in [-0.3, -0.25) is 10.1 Å².